The molecule has 0 unspecified atom stereocenters. The van der Waals surface area contributed by atoms with Crippen molar-refractivity contribution in [2.75, 3.05) is 0 Å². The van der Waals surface area contributed by atoms with Gasteiger partial charge in [-0.25, -0.2) is 0 Å². The molecule has 0 saturated carbocycles. The van der Waals surface area contributed by atoms with Crippen LogP contribution in [0.15, 0.2) is 0 Å². The summed E-state index contributed by atoms with van der Waals surface area (Å²) in [7, 11) is 2.07. The lowest BCUT2D eigenvalue weighted by Crippen LogP contribution is -1.84. The van der Waals surface area contributed by atoms with Crippen LogP contribution in [0.5, 0.6) is 0 Å². The van der Waals surface area contributed by atoms with E-state index in [0.717, 1.165) is 5.92 Å². The Balaban J connectivity index is 2.68. The molecule has 1 radical (unpaired) electrons. The zero-order valence-electron chi connectivity index (χ0n) is 5.41. The summed E-state index contributed by atoms with van der Waals surface area (Å²) in [5.74, 6) is 0.907. The average molecular weight is 115 g/mol. The van der Waals surface area contributed by atoms with Crippen molar-refractivity contribution in [1.82, 2.24) is 0 Å². The summed E-state index contributed by atoms with van der Waals surface area (Å²) in [6, 6.07) is 1.37. The van der Waals surface area contributed by atoms with Crippen LogP contribution in [0.1, 0.15) is 26.7 Å². The molecule has 0 spiro atoms. The normalized spacial score (nSPS) is 10.3. The van der Waals surface area contributed by atoms with E-state index in [-0.39, 0.29) is 0 Å². The zero-order valence-corrected chi connectivity index (χ0v) is 6.82. The second-order valence-corrected chi connectivity index (χ2v) is 3.10. The fraction of sp³-hybridized carbons (Fsp3) is 1.00. The third-order valence-electron chi connectivity index (χ3n) is 1.03. The van der Waals surface area contributed by atoms with Gasteiger partial charge >= 0.3 is 0 Å². The minimum Gasteiger partial charge on any atom is -0.0652 e. The van der Waals surface area contributed by atoms with Gasteiger partial charge in [0.1, 0.15) is 0 Å². The summed E-state index contributed by atoms with van der Waals surface area (Å²) in [5.41, 5.74) is 0. The largest absolute Gasteiger partial charge is 0.0652 e. The van der Waals surface area contributed by atoms with Gasteiger partial charge < -0.3 is 0 Å². The minimum absolute atomic E-state index is 0.907. The van der Waals surface area contributed by atoms with Gasteiger partial charge in [-0.2, -0.15) is 0 Å². The molecule has 0 aliphatic carbocycles. The summed E-state index contributed by atoms with van der Waals surface area (Å²) in [4.78, 5) is 0. The van der Waals surface area contributed by atoms with Gasteiger partial charge in [-0.3, -0.25) is 0 Å². The van der Waals surface area contributed by atoms with Gasteiger partial charge in [0.05, 0.1) is 0 Å². The van der Waals surface area contributed by atoms with E-state index in [0.29, 0.717) is 0 Å². The second kappa shape index (κ2) is 4.38. The predicted molar refractivity (Wildman–Crippen MR) is 37.4 cm³/mol. The topological polar surface area (TPSA) is 0 Å². The fourth-order valence-corrected chi connectivity index (χ4v) is 0.841. The van der Waals surface area contributed by atoms with E-state index in [9.17, 15) is 0 Å². The van der Waals surface area contributed by atoms with Crippen LogP contribution >= 0.6 is 0 Å². The third-order valence-corrected chi connectivity index (χ3v) is 1.53. The monoisotopic (exact) mass is 115 g/mol. The van der Waals surface area contributed by atoms with Crippen molar-refractivity contribution in [3.8, 4) is 0 Å². The Morgan fingerprint density at radius 3 is 2.14 bits per heavy atom. The molecular formula is C6H15Si. The van der Waals surface area contributed by atoms with E-state index in [4.69, 9.17) is 0 Å². The molecule has 0 heterocycles. The number of hydrogen-bond acceptors (Lipinski definition) is 0. The average Bonchev–Trinajstić information content (AvgIpc) is 1.61. The second-order valence-electron chi connectivity index (χ2n) is 2.39. The Hall–Kier alpha value is 0.217. The Bertz CT molecular complexity index is 33.2. The molecule has 0 rings (SSSR count). The molecule has 0 amide bonds. The summed E-state index contributed by atoms with van der Waals surface area (Å²) >= 11 is 0. The molecule has 0 bridgehead atoms. The SMILES string of the molecule is CC(C)CCC[SiH2]. The quantitative estimate of drug-likeness (QED) is 0.489. The van der Waals surface area contributed by atoms with Crippen molar-refractivity contribution in [2.45, 2.75) is 32.7 Å². The van der Waals surface area contributed by atoms with Crippen molar-refractivity contribution in [1.29, 1.82) is 0 Å². The van der Waals surface area contributed by atoms with Crippen LogP contribution in [0.25, 0.3) is 0 Å². The highest BCUT2D eigenvalue weighted by Gasteiger charge is 1.88. The van der Waals surface area contributed by atoms with Crippen molar-refractivity contribution in [3.05, 3.63) is 0 Å². The summed E-state index contributed by atoms with van der Waals surface area (Å²) in [6.45, 7) is 4.55. The molecule has 0 aliphatic rings. The van der Waals surface area contributed by atoms with Gasteiger partial charge in [0, 0.05) is 10.2 Å². The predicted octanol–water partition coefficient (Wildman–Crippen LogP) is 1.47. The van der Waals surface area contributed by atoms with Gasteiger partial charge in [0.2, 0.25) is 0 Å². The van der Waals surface area contributed by atoms with E-state index in [1.807, 2.05) is 0 Å². The Morgan fingerprint density at radius 1 is 1.43 bits per heavy atom. The fourth-order valence-electron chi connectivity index (χ4n) is 0.553. The van der Waals surface area contributed by atoms with Crippen LogP contribution < -0.4 is 0 Å². The summed E-state index contributed by atoms with van der Waals surface area (Å²) in [5, 5.41) is 0. The van der Waals surface area contributed by atoms with E-state index in [1.54, 1.807) is 0 Å². The highest BCUT2D eigenvalue weighted by molar-refractivity contribution is 6.08. The van der Waals surface area contributed by atoms with E-state index < -0.39 is 0 Å². The van der Waals surface area contributed by atoms with Gasteiger partial charge in [0.15, 0.2) is 0 Å². The summed E-state index contributed by atoms with van der Waals surface area (Å²) < 4.78 is 0. The highest BCUT2D eigenvalue weighted by Crippen LogP contribution is 2.03. The first-order valence-electron chi connectivity index (χ1n) is 3.06. The van der Waals surface area contributed by atoms with Crippen LogP contribution in [-0.4, -0.2) is 10.2 Å². The molecule has 43 valence electrons. The maximum absolute atomic E-state index is 2.28. The van der Waals surface area contributed by atoms with Gasteiger partial charge in [0.25, 0.3) is 0 Å². The molecule has 0 saturated heterocycles. The molecule has 0 aromatic rings. The molecule has 0 aromatic carbocycles. The standard InChI is InChI=1S/C6H15Si/c1-6(2)4-3-5-7/h6H,3-5,7H2,1-2H3. The molecular weight excluding hydrogens is 100 g/mol. The van der Waals surface area contributed by atoms with Crippen LogP contribution in [0.3, 0.4) is 0 Å². The Kier molecular flexibility index (Phi) is 4.51. The maximum atomic E-state index is 2.28. The van der Waals surface area contributed by atoms with Crippen LogP contribution in [0.4, 0.5) is 0 Å². The van der Waals surface area contributed by atoms with Crippen LogP contribution in [0.2, 0.25) is 6.04 Å². The highest BCUT2D eigenvalue weighted by atomic mass is 28.1. The Labute approximate surface area is 49.7 Å². The van der Waals surface area contributed by atoms with Crippen molar-refractivity contribution >= 4 is 10.2 Å². The molecule has 0 aliphatic heterocycles. The van der Waals surface area contributed by atoms with Crippen molar-refractivity contribution in [3.63, 3.8) is 0 Å². The zero-order chi connectivity index (χ0) is 5.70. The molecule has 0 aromatic heterocycles. The Morgan fingerprint density at radius 2 is 2.00 bits per heavy atom. The molecule has 0 nitrogen and oxygen atoms in total. The molecule has 0 atom stereocenters. The lowest BCUT2D eigenvalue weighted by molar-refractivity contribution is 0.576. The van der Waals surface area contributed by atoms with E-state index >= 15 is 0 Å². The smallest absolute Gasteiger partial charge is 0.00797 e. The number of hydrogen-bond donors (Lipinski definition) is 0. The van der Waals surface area contributed by atoms with Crippen molar-refractivity contribution < 1.29 is 0 Å². The molecule has 1 heteroatoms. The van der Waals surface area contributed by atoms with E-state index in [2.05, 4.69) is 24.1 Å². The van der Waals surface area contributed by atoms with Gasteiger partial charge in [-0.1, -0.05) is 32.7 Å². The first-order chi connectivity index (χ1) is 3.27. The molecule has 7 heavy (non-hydrogen) atoms. The van der Waals surface area contributed by atoms with Gasteiger partial charge in [-0.15, -0.1) is 0 Å². The third kappa shape index (κ3) is 6.22. The van der Waals surface area contributed by atoms with Gasteiger partial charge in [-0.05, 0) is 5.92 Å². The molecule has 0 N–H and O–H groups in total. The number of rotatable bonds is 3. The lowest BCUT2D eigenvalue weighted by Gasteiger charge is -1.98. The lowest BCUT2D eigenvalue weighted by atomic mass is 10.1. The minimum atomic E-state index is 0.907. The van der Waals surface area contributed by atoms with Crippen LogP contribution in [0, 0.1) is 5.92 Å². The van der Waals surface area contributed by atoms with Crippen molar-refractivity contribution in [2.24, 2.45) is 5.92 Å². The van der Waals surface area contributed by atoms with Crippen LogP contribution in [-0.2, 0) is 0 Å². The first kappa shape index (κ1) is 7.22. The molecule has 0 fully saturated rings. The first-order valence-corrected chi connectivity index (χ1v) is 4.06. The summed E-state index contributed by atoms with van der Waals surface area (Å²) in [6.07, 6.45) is 2.82. The van der Waals surface area contributed by atoms with E-state index in [1.165, 1.54) is 18.9 Å². The maximum Gasteiger partial charge on any atom is 0.00797 e.